The number of esters is 1. The van der Waals surface area contributed by atoms with Crippen LogP contribution in [0.25, 0.3) is 0 Å². The highest BCUT2D eigenvalue weighted by molar-refractivity contribution is 5.93. The van der Waals surface area contributed by atoms with Gasteiger partial charge in [0.1, 0.15) is 0 Å². The highest BCUT2D eigenvalue weighted by Crippen LogP contribution is 2.19. The summed E-state index contributed by atoms with van der Waals surface area (Å²) in [5.41, 5.74) is 1.12. The summed E-state index contributed by atoms with van der Waals surface area (Å²) in [6.07, 6.45) is 0. The fourth-order valence-corrected chi connectivity index (χ4v) is 2.59. The van der Waals surface area contributed by atoms with Gasteiger partial charge in [-0.3, -0.25) is 4.90 Å². The molecule has 0 saturated carbocycles. The monoisotopic (exact) mass is 296 g/mol. The van der Waals surface area contributed by atoms with Crippen LogP contribution in [0.4, 0.5) is 4.79 Å². The Hall–Kier alpha value is -1.60. The van der Waals surface area contributed by atoms with Crippen molar-refractivity contribution >= 4 is 12.0 Å². The van der Waals surface area contributed by atoms with Gasteiger partial charge in [0.2, 0.25) is 0 Å². The highest BCUT2D eigenvalue weighted by atomic mass is 16.5. The molecule has 0 spiro atoms. The number of hydrogen-bond donors (Lipinski definition) is 3. The number of nitrogens with one attached hydrogen (secondary N) is 3. The fourth-order valence-electron chi connectivity index (χ4n) is 2.59. The Kier molecular flexibility index (Phi) is 4.84. The van der Waals surface area contributed by atoms with Crippen LogP contribution in [0, 0.1) is 0 Å². The van der Waals surface area contributed by atoms with Gasteiger partial charge in [0, 0.05) is 37.4 Å². The molecule has 21 heavy (non-hydrogen) atoms. The average Bonchev–Trinajstić information content (AvgIpc) is 2.41. The summed E-state index contributed by atoms with van der Waals surface area (Å²) in [7, 11) is 0. The van der Waals surface area contributed by atoms with Crippen molar-refractivity contribution in [2.24, 2.45) is 0 Å². The molecule has 2 aliphatic rings. The van der Waals surface area contributed by atoms with Crippen molar-refractivity contribution in [3.05, 3.63) is 11.3 Å². The van der Waals surface area contributed by atoms with Crippen LogP contribution in [0.2, 0.25) is 0 Å². The lowest BCUT2D eigenvalue weighted by atomic mass is 9.99. The Morgan fingerprint density at radius 1 is 1.43 bits per heavy atom. The molecule has 2 aliphatic heterocycles. The van der Waals surface area contributed by atoms with E-state index >= 15 is 0 Å². The van der Waals surface area contributed by atoms with E-state index in [-0.39, 0.29) is 24.1 Å². The molecule has 2 rings (SSSR count). The SMILES string of the molecule is CCOC(=O)C1=C(CN2CCNCC2(C)C)NC(=O)NC1. The smallest absolute Gasteiger partial charge is 0.337 e. The molecule has 7 heteroatoms. The largest absolute Gasteiger partial charge is 0.463 e. The second-order valence-corrected chi connectivity index (χ2v) is 5.90. The molecular formula is C14H24N4O3. The molecule has 7 nitrogen and oxygen atoms in total. The number of amides is 2. The molecule has 0 bridgehead atoms. The molecule has 1 fully saturated rings. The molecule has 2 heterocycles. The number of nitrogens with zero attached hydrogens (tertiary/aromatic N) is 1. The summed E-state index contributed by atoms with van der Waals surface area (Å²) in [5.74, 6) is -0.368. The lowest BCUT2D eigenvalue weighted by Crippen LogP contribution is -2.59. The van der Waals surface area contributed by atoms with E-state index in [0.29, 0.717) is 24.4 Å². The van der Waals surface area contributed by atoms with E-state index in [1.807, 2.05) is 0 Å². The van der Waals surface area contributed by atoms with E-state index in [0.717, 1.165) is 19.6 Å². The summed E-state index contributed by atoms with van der Waals surface area (Å²) in [4.78, 5) is 25.8. The maximum atomic E-state index is 12.0. The van der Waals surface area contributed by atoms with Crippen molar-refractivity contribution < 1.29 is 14.3 Å². The quantitative estimate of drug-likeness (QED) is 0.626. The third kappa shape index (κ3) is 3.74. The minimum absolute atomic E-state index is 0.0272. The van der Waals surface area contributed by atoms with Gasteiger partial charge in [0.05, 0.1) is 18.7 Å². The molecule has 0 aromatic rings. The van der Waals surface area contributed by atoms with Gasteiger partial charge in [0.25, 0.3) is 0 Å². The van der Waals surface area contributed by atoms with Crippen LogP contribution in [0.5, 0.6) is 0 Å². The summed E-state index contributed by atoms with van der Waals surface area (Å²) in [5, 5.41) is 8.73. The van der Waals surface area contributed by atoms with E-state index in [2.05, 4.69) is 34.7 Å². The van der Waals surface area contributed by atoms with Crippen molar-refractivity contribution in [3.63, 3.8) is 0 Å². The van der Waals surface area contributed by atoms with E-state index < -0.39 is 0 Å². The molecular weight excluding hydrogens is 272 g/mol. The maximum Gasteiger partial charge on any atom is 0.337 e. The molecule has 118 valence electrons. The molecule has 0 radical (unpaired) electrons. The number of ether oxygens (including phenoxy) is 1. The number of carbonyl (C=O) groups is 2. The van der Waals surface area contributed by atoms with Crippen LogP contribution in [-0.2, 0) is 9.53 Å². The Balaban J connectivity index is 2.19. The molecule has 0 atom stereocenters. The van der Waals surface area contributed by atoms with E-state index in [1.54, 1.807) is 6.92 Å². The zero-order valence-electron chi connectivity index (χ0n) is 12.9. The first-order valence-electron chi connectivity index (χ1n) is 7.34. The Morgan fingerprint density at radius 2 is 2.19 bits per heavy atom. The summed E-state index contributed by atoms with van der Waals surface area (Å²) < 4.78 is 5.07. The lowest BCUT2D eigenvalue weighted by molar-refractivity contribution is -0.138. The van der Waals surface area contributed by atoms with Crippen LogP contribution in [0.3, 0.4) is 0 Å². The number of hydrogen-bond acceptors (Lipinski definition) is 5. The minimum Gasteiger partial charge on any atom is -0.463 e. The molecule has 3 N–H and O–H groups in total. The van der Waals surface area contributed by atoms with E-state index in [4.69, 9.17) is 4.74 Å². The topological polar surface area (TPSA) is 82.7 Å². The zero-order valence-corrected chi connectivity index (χ0v) is 12.9. The van der Waals surface area contributed by atoms with Crippen molar-refractivity contribution in [2.45, 2.75) is 26.3 Å². The van der Waals surface area contributed by atoms with Crippen molar-refractivity contribution in [1.82, 2.24) is 20.9 Å². The van der Waals surface area contributed by atoms with Crippen molar-refractivity contribution in [3.8, 4) is 0 Å². The second-order valence-electron chi connectivity index (χ2n) is 5.90. The highest BCUT2D eigenvalue weighted by Gasteiger charge is 2.32. The van der Waals surface area contributed by atoms with E-state index in [1.165, 1.54) is 0 Å². The normalized spacial score (nSPS) is 22.5. The molecule has 0 aromatic carbocycles. The Labute approximate surface area is 125 Å². The lowest BCUT2D eigenvalue weighted by Gasteiger charge is -2.43. The number of rotatable bonds is 4. The van der Waals surface area contributed by atoms with Crippen molar-refractivity contribution in [1.29, 1.82) is 0 Å². The van der Waals surface area contributed by atoms with Crippen LogP contribution in [-0.4, -0.2) is 61.8 Å². The predicted molar refractivity (Wildman–Crippen MR) is 78.7 cm³/mol. The number of carbonyl (C=O) groups excluding carboxylic acids is 2. The maximum absolute atomic E-state index is 12.0. The van der Waals surface area contributed by atoms with Gasteiger partial charge in [-0.1, -0.05) is 0 Å². The standard InChI is InChI=1S/C14H24N4O3/c1-4-21-12(19)10-7-16-13(20)17-11(10)8-18-6-5-15-9-14(18,2)3/h15H,4-9H2,1-3H3,(H2,16,17,20). The molecule has 0 aromatic heterocycles. The van der Waals surface area contributed by atoms with Crippen molar-refractivity contribution in [2.75, 3.05) is 39.3 Å². The van der Waals surface area contributed by atoms with Gasteiger partial charge in [-0.2, -0.15) is 0 Å². The third-order valence-electron chi connectivity index (χ3n) is 3.90. The Morgan fingerprint density at radius 3 is 2.86 bits per heavy atom. The molecule has 0 aliphatic carbocycles. The fraction of sp³-hybridized carbons (Fsp3) is 0.714. The number of urea groups is 1. The predicted octanol–water partition coefficient (Wildman–Crippen LogP) is -0.200. The number of piperazine rings is 1. The van der Waals surface area contributed by atoms with Crippen LogP contribution in [0.15, 0.2) is 11.3 Å². The second kappa shape index (κ2) is 6.44. The average molecular weight is 296 g/mol. The first-order valence-corrected chi connectivity index (χ1v) is 7.34. The summed E-state index contributed by atoms with van der Waals surface area (Å²) in [6, 6.07) is -0.272. The molecule has 0 unspecified atom stereocenters. The van der Waals surface area contributed by atoms with Crippen LogP contribution in [0.1, 0.15) is 20.8 Å². The van der Waals surface area contributed by atoms with Gasteiger partial charge in [-0.15, -0.1) is 0 Å². The Bertz CT molecular complexity index is 459. The molecule has 1 saturated heterocycles. The first-order chi connectivity index (χ1) is 9.94. The van der Waals surface area contributed by atoms with Gasteiger partial charge in [-0.05, 0) is 20.8 Å². The first kappa shape index (κ1) is 15.8. The van der Waals surface area contributed by atoms with Gasteiger partial charge in [-0.25, -0.2) is 9.59 Å². The van der Waals surface area contributed by atoms with Crippen LogP contribution < -0.4 is 16.0 Å². The van der Waals surface area contributed by atoms with Gasteiger partial charge >= 0.3 is 12.0 Å². The van der Waals surface area contributed by atoms with Gasteiger partial charge in [0.15, 0.2) is 0 Å². The zero-order chi connectivity index (χ0) is 15.5. The third-order valence-corrected chi connectivity index (χ3v) is 3.90. The summed E-state index contributed by atoms with van der Waals surface area (Å²) >= 11 is 0. The summed E-state index contributed by atoms with van der Waals surface area (Å²) in [6.45, 7) is 9.78. The van der Waals surface area contributed by atoms with Gasteiger partial charge < -0.3 is 20.7 Å². The van der Waals surface area contributed by atoms with Crippen LogP contribution >= 0.6 is 0 Å². The minimum atomic E-state index is -0.368. The van der Waals surface area contributed by atoms with E-state index in [9.17, 15) is 9.59 Å². The molecule has 2 amide bonds.